The maximum Gasteiger partial charge on any atom is 0.261 e. The summed E-state index contributed by atoms with van der Waals surface area (Å²) in [5, 5.41) is 0. The van der Waals surface area contributed by atoms with Gasteiger partial charge >= 0.3 is 0 Å². The zero-order chi connectivity index (χ0) is 25.0. The molecule has 11 nitrogen and oxygen atoms in total. The number of nitrogens with two attached hydrogens (primary N) is 1. The number of ether oxygens (including phenoxy) is 3. The summed E-state index contributed by atoms with van der Waals surface area (Å²) in [6.45, 7) is 4.16. The molecule has 2 saturated heterocycles. The van der Waals surface area contributed by atoms with Gasteiger partial charge in [0.25, 0.3) is 11.8 Å². The highest BCUT2D eigenvalue weighted by Crippen LogP contribution is 2.44. The van der Waals surface area contributed by atoms with Gasteiger partial charge in [-0.3, -0.25) is 19.1 Å². The number of hydrogen-bond donors (Lipinski definition) is 1. The molecule has 3 aromatic rings. The van der Waals surface area contributed by atoms with Crippen LogP contribution in [-0.2, 0) is 14.2 Å². The third-order valence-electron chi connectivity index (χ3n) is 6.62. The molecule has 0 bridgehead atoms. The molecule has 188 valence electrons. The second-order valence-electron chi connectivity index (χ2n) is 9.45. The van der Waals surface area contributed by atoms with E-state index in [4.69, 9.17) is 19.9 Å². The third kappa shape index (κ3) is 3.84. The molecule has 2 amide bonds. The highest BCUT2D eigenvalue weighted by Gasteiger charge is 2.56. The highest BCUT2D eigenvalue weighted by molar-refractivity contribution is 7.99. The van der Waals surface area contributed by atoms with Crippen LogP contribution in [0.25, 0.3) is 11.2 Å². The van der Waals surface area contributed by atoms with Crippen LogP contribution in [0.3, 0.4) is 0 Å². The lowest BCUT2D eigenvalue weighted by Crippen LogP contribution is -2.32. The number of nitrogens with zero attached hydrogens (tertiary/aromatic N) is 5. The third-order valence-corrected chi connectivity index (χ3v) is 7.76. The quantitative estimate of drug-likeness (QED) is 0.372. The second kappa shape index (κ2) is 8.80. The Morgan fingerprint density at radius 1 is 1.06 bits per heavy atom. The number of imide groups is 1. The SMILES string of the molecule is CC1(C)O[C@@H]2[C@@H](CSCCCN3C(=O)c4ccccc4C3=O)OC(n3cnc4c(N)ncnc43)[C@@H]2O1. The molecule has 0 aliphatic carbocycles. The Balaban J connectivity index is 1.09. The van der Waals surface area contributed by atoms with Crippen molar-refractivity contribution in [3.63, 3.8) is 0 Å². The van der Waals surface area contributed by atoms with Crippen molar-refractivity contribution in [2.45, 2.75) is 50.6 Å². The molecule has 5 heterocycles. The van der Waals surface area contributed by atoms with Gasteiger partial charge in [-0.05, 0) is 38.2 Å². The first kappa shape index (κ1) is 23.3. The Morgan fingerprint density at radius 2 is 1.78 bits per heavy atom. The minimum atomic E-state index is -0.740. The molecule has 3 aliphatic rings. The van der Waals surface area contributed by atoms with E-state index >= 15 is 0 Å². The van der Waals surface area contributed by atoms with E-state index in [1.165, 1.54) is 11.2 Å². The number of hydrogen-bond acceptors (Lipinski definition) is 10. The molecule has 4 atom stereocenters. The lowest BCUT2D eigenvalue weighted by atomic mass is 10.1. The minimum absolute atomic E-state index is 0.220. The van der Waals surface area contributed by atoms with Crippen LogP contribution >= 0.6 is 11.8 Å². The summed E-state index contributed by atoms with van der Waals surface area (Å²) in [6.07, 6.45) is 2.44. The fraction of sp³-hybridized carbons (Fsp3) is 0.458. The van der Waals surface area contributed by atoms with Gasteiger partial charge in [0.15, 0.2) is 23.5 Å². The van der Waals surface area contributed by atoms with E-state index in [0.717, 1.165) is 5.75 Å². The van der Waals surface area contributed by atoms with Gasteiger partial charge in [-0.25, -0.2) is 15.0 Å². The van der Waals surface area contributed by atoms with E-state index in [-0.39, 0.29) is 30.1 Å². The fourth-order valence-corrected chi connectivity index (χ4v) is 6.04. The lowest BCUT2D eigenvalue weighted by molar-refractivity contribution is -0.193. The van der Waals surface area contributed by atoms with Gasteiger partial charge < -0.3 is 19.9 Å². The van der Waals surface area contributed by atoms with Gasteiger partial charge in [-0.1, -0.05) is 12.1 Å². The summed E-state index contributed by atoms with van der Waals surface area (Å²) in [4.78, 5) is 39.1. The van der Waals surface area contributed by atoms with Crippen LogP contribution in [0.2, 0.25) is 0 Å². The van der Waals surface area contributed by atoms with Crippen LogP contribution in [0.5, 0.6) is 0 Å². The van der Waals surface area contributed by atoms with Crippen molar-refractivity contribution in [1.82, 2.24) is 24.4 Å². The number of amides is 2. The number of carbonyl (C=O) groups excluding carboxylic acids is 2. The number of carbonyl (C=O) groups is 2. The molecule has 3 aliphatic heterocycles. The minimum Gasteiger partial charge on any atom is -0.382 e. The predicted molar refractivity (Wildman–Crippen MR) is 131 cm³/mol. The van der Waals surface area contributed by atoms with Gasteiger partial charge in [-0.2, -0.15) is 11.8 Å². The smallest absolute Gasteiger partial charge is 0.261 e. The van der Waals surface area contributed by atoms with Gasteiger partial charge in [0.05, 0.1) is 23.6 Å². The van der Waals surface area contributed by atoms with Crippen molar-refractivity contribution in [1.29, 1.82) is 0 Å². The monoisotopic (exact) mass is 510 g/mol. The number of fused-ring (bicyclic) bond motifs is 3. The van der Waals surface area contributed by atoms with E-state index in [1.807, 2.05) is 18.4 Å². The van der Waals surface area contributed by atoms with Gasteiger partial charge in [0.1, 0.15) is 24.1 Å². The van der Waals surface area contributed by atoms with E-state index in [2.05, 4.69) is 15.0 Å². The number of imidazole rings is 1. The average Bonchev–Trinajstić information content (AvgIpc) is 3.57. The molecule has 12 heteroatoms. The summed E-state index contributed by atoms with van der Waals surface area (Å²) in [7, 11) is 0. The second-order valence-corrected chi connectivity index (χ2v) is 10.6. The van der Waals surface area contributed by atoms with Crippen LogP contribution in [0.15, 0.2) is 36.9 Å². The van der Waals surface area contributed by atoms with Crippen molar-refractivity contribution < 1.29 is 23.8 Å². The number of nitrogen functional groups attached to an aromatic ring is 1. The molecule has 6 rings (SSSR count). The summed E-state index contributed by atoms with van der Waals surface area (Å²) in [6, 6.07) is 6.94. The lowest BCUT2D eigenvalue weighted by Gasteiger charge is -2.24. The van der Waals surface area contributed by atoms with Crippen LogP contribution in [0, 0.1) is 0 Å². The Kier molecular flexibility index (Phi) is 5.71. The maximum absolute atomic E-state index is 12.6. The summed E-state index contributed by atoms with van der Waals surface area (Å²) < 4.78 is 20.6. The molecule has 0 spiro atoms. The first-order chi connectivity index (χ1) is 17.3. The van der Waals surface area contributed by atoms with Crippen LogP contribution in [0.1, 0.15) is 47.2 Å². The van der Waals surface area contributed by atoms with Crippen molar-refractivity contribution in [3.8, 4) is 0 Å². The molecule has 2 fully saturated rings. The Hall–Kier alpha value is -3.06. The number of benzene rings is 1. The molecule has 0 radical (unpaired) electrons. The highest BCUT2D eigenvalue weighted by atomic mass is 32.2. The van der Waals surface area contributed by atoms with E-state index in [9.17, 15) is 9.59 Å². The van der Waals surface area contributed by atoms with E-state index in [1.54, 1.807) is 42.4 Å². The van der Waals surface area contributed by atoms with E-state index in [0.29, 0.717) is 46.8 Å². The molecule has 36 heavy (non-hydrogen) atoms. The van der Waals surface area contributed by atoms with Crippen LogP contribution in [0.4, 0.5) is 5.82 Å². The normalized spacial score (nSPS) is 26.7. The zero-order valence-corrected chi connectivity index (χ0v) is 20.7. The van der Waals surface area contributed by atoms with Crippen molar-refractivity contribution in [2.75, 3.05) is 23.8 Å². The maximum atomic E-state index is 12.6. The summed E-state index contributed by atoms with van der Waals surface area (Å²) in [5.41, 5.74) is 8.00. The topological polar surface area (TPSA) is 135 Å². The molecular formula is C24H26N6O5S. The Bertz CT molecular complexity index is 1310. The Labute approximate surface area is 211 Å². The molecule has 1 unspecified atom stereocenters. The largest absolute Gasteiger partial charge is 0.382 e. The van der Waals surface area contributed by atoms with Gasteiger partial charge in [0.2, 0.25) is 0 Å². The molecule has 2 aromatic heterocycles. The Morgan fingerprint density at radius 3 is 2.53 bits per heavy atom. The number of rotatable bonds is 7. The van der Waals surface area contributed by atoms with Crippen LogP contribution in [-0.4, -0.2) is 78.4 Å². The van der Waals surface area contributed by atoms with E-state index < -0.39 is 12.0 Å². The summed E-state index contributed by atoms with van der Waals surface area (Å²) >= 11 is 1.69. The van der Waals surface area contributed by atoms with Crippen molar-refractivity contribution in [3.05, 3.63) is 48.0 Å². The van der Waals surface area contributed by atoms with Gasteiger partial charge in [-0.15, -0.1) is 0 Å². The number of thioether (sulfide) groups is 1. The molecule has 0 saturated carbocycles. The molecule has 1 aromatic carbocycles. The van der Waals surface area contributed by atoms with Crippen molar-refractivity contribution in [2.24, 2.45) is 0 Å². The standard InChI is InChI=1S/C24H26N6O5S/c1-24(2)34-17-15(10-36-9-5-8-29-21(31)13-6-3-4-7-14(13)22(29)32)33-23(18(17)35-24)30-12-28-16-19(25)26-11-27-20(16)30/h3-4,6-7,11-12,15,17-18,23H,5,8-10H2,1-2H3,(H2,25,26,27)/t15-,17-,18-,23?/m1/s1. The number of aromatic nitrogens is 4. The van der Waals surface area contributed by atoms with Gasteiger partial charge in [0, 0.05) is 12.3 Å². The summed E-state index contributed by atoms with van der Waals surface area (Å²) in [5.74, 6) is 0.556. The zero-order valence-electron chi connectivity index (χ0n) is 19.9. The predicted octanol–water partition coefficient (Wildman–Crippen LogP) is 2.25. The first-order valence-corrected chi connectivity index (χ1v) is 13.0. The first-order valence-electron chi connectivity index (χ1n) is 11.8. The van der Waals surface area contributed by atoms with Crippen LogP contribution < -0.4 is 5.73 Å². The number of anilines is 1. The average molecular weight is 511 g/mol. The van der Waals surface area contributed by atoms with Crippen molar-refractivity contribution >= 4 is 40.6 Å². The fourth-order valence-electron chi connectivity index (χ4n) is 5.04. The molecular weight excluding hydrogens is 484 g/mol. The molecule has 2 N–H and O–H groups in total.